The number of rotatable bonds is 5. The van der Waals surface area contributed by atoms with E-state index in [0.717, 1.165) is 6.61 Å². The predicted molar refractivity (Wildman–Crippen MR) is 50.5 cm³/mol. The molecule has 0 aromatic heterocycles. The molecule has 3 nitrogen and oxygen atoms in total. The van der Waals surface area contributed by atoms with E-state index in [1.165, 1.54) is 32.1 Å². The van der Waals surface area contributed by atoms with Gasteiger partial charge < -0.3 is 14.9 Å². The van der Waals surface area contributed by atoms with Crippen LogP contribution in [0.15, 0.2) is 0 Å². The molecular weight excluding hydrogens is 168 g/mol. The third-order valence-corrected chi connectivity index (χ3v) is 2.60. The van der Waals surface area contributed by atoms with Gasteiger partial charge in [-0.1, -0.05) is 19.3 Å². The Hall–Kier alpha value is -0.120. The topological polar surface area (TPSA) is 49.7 Å². The van der Waals surface area contributed by atoms with Gasteiger partial charge in [-0.3, -0.25) is 0 Å². The molecular formula is C10H20O3. The second kappa shape index (κ2) is 6.35. The minimum absolute atomic E-state index is 0.204. The van der Waals surface area contributed by atoms with Gasteiger partial charge in [-0.05, 0) is 18.8 Å². The van der Waals surface area contributed by atoms with Crippen LogP contribution in [0.5, 0.6) is 0 Å². The molecule has 0 saturated heterocycles. The Balaban J connectivity index is 1.98. The fraction of sp³-hybridized carbons (Fsp3) is 1.00. The van der Waals surface area contributed by atoms with Crippen molar-refractivity contribution in [2.75, 3.05) is 19.8 Å². The van der Waals surface area contributed by atoms with Crippen molar-refractivity contribution in [3.05, 3.63) is 0 Å². The Kier molecular flexibility index (Phi) is 5.35. The monoisotopic (exact) mass is 188 g/mol. The fourth-order valence-corrected chi connectivity index (χ4v) is 1.78. The lowest BCUT2D eigenvalue weighted by atomic mass is 9.90. The highest BCUT2D eigenvalue weighted by Crippen LogP contribution is 2.23. The molecule has 0 aromatic carbocycles. The van der Waals surface area contributed by atoms with Crippen LogP contribution in [0.1, 0.15) is 32.1 Å². The third-order valence-electron chi connectivity index (χ3n) is 2.60. The number of hydrogen-bond acceptors (Lipinski definition) is 3. The maximum atomic E-state index is 9.01. The van der Waals surface area contributed by atoms with Crippen LogP contribution in [0.3, 0.4) is 0 Å². The summed E-state index contributed by atoms with van der Waals surface area (Å²) in [4.78, 5) is 0. The quantitative estimate of drug-likeness (QED) is 0.675. The highest BCUT2D eigenvalue weighted by molar-refractivity contribution is 4.65. The van der Waals surface area contributed by atoms with Crippen molar-refractivity contribution in [2.45, 2.75) is 38.2 Å². The summed E-state index contributed by atoms with van der Waals surface area (Å²) in [5.41, 5.74) is 0. The van der Waals surface area contributed by atoms with Gasteiger partial charge in [0.25, 0.3) is 0 Å². The second-order valence-corrected chi connectivity index (χ2v) is 3.88. The maximum Gasteiger partial charge on any atom is 0.100 e. The molecule has 0 aliphatic heterocycles. The molecule has 1 fully saturated rings. The zero-order valence-corrected chi connectivity index (χ0v) is 8.11. The molecule has 0 radical (unpaired) electrons. The van der Waals surface area contributed by atoms with Gasteiger partial charge in [0.05, 0.1) is 13.2 Å². The first-order valence-corrected chi connectivity index (χ1v) is 5.19. The van der Waals surface area contributed by atoms with E-state index < -0.39 is 6.10 Å². The van der Waals surface area contributed by atoms with Crippen LogP contribution in [0.25, 0.3) is 0 Å². The van der Waals surface area contributed by atoms with Gasteiger partial charge in [-0.15, -0.1) is 0 Å². The molecule has 0 bridgehead atoms. The lowest BCUT2D eigenvalue weighted by Gasteiger charge is -2.21. The molecule has 3 heteroatoms. The third kappa shape index (κ3) is 4.60. The first-order valence-electron chi connectivity index (χ1n) is 5.19. The van der Waals surface area contributed by atoms with Gasteiger partial charge >= 0.3 is 0 Å². The SMILES string of the molecule is OC[C@@H](O)COCC1CCCCC1. The normalized spacial score (nSPS) is 21.7. The zero-order valence-electron chi connectivity index (χ0n) is 8.11. The second-order valence-electron chi connectivity index (χ2n) is 3.88. The minimum Gasteiger partial charge on any atom is -0.394 e. The summed E-state index contributed by atoms with van der Waals surface area (Å²) in [6.45, 7) is 0.814. The van der Waals surface area contributed by atoms with Gasteiger partial charge in [-0.2, -0.15) is 0 Å². The first-order chi connectivity index (χ1) is 6.33. The fourth-order valence-electron chi connectivity index (χ4n) is 1.78. The number of aliphatic hydroxyl groups excluding tert-OH is 2. The molecule has 0 aromatic rings. The molecule has 0 spiro atoms. The lowest BCUT2D eigenvalue weighted by molar-refractivity contribution is -0.00829. The van der Waals surface area contributed by atoms with Gasteiger partial charge in [0.1, 0.15) is 6.10 Å². The maximum absolute atomic E-state index is 9.01. The van der Waals surface area contributed by atoms with E-state index in [1.807, 2.05) is 0 Å². The predicted octanol–water partition coefficient (Wildman–Crippen LogP) is 0.936. The van der Waals surface area contributed by atoms with E-state index in [0.29, 0.717) is 5.92 Å². The first kappa shape index (κ1) is 11.0. The molecule has 2 N–H and O–H groups in total. The Labute approximate surface area is 79.7 Å². The Bertz CT molecular complexity index is 121. The van der Waals surface area contributed by atoms with Crippen LogP contribution in [0.2, 0.25) is 0 Å². The molecule has 0 unspecified atom stereocenters. The minimum atomic E-state index is -0.705. The largest absolute Gasteiger partial charge is 0.394 e. The van der Waals surface area contributed by atoms with Crippen molar-refractivity contribution in [3.8, 4) is 0 Å². The van der Waals surface area contributed by atoms with E-state index in [1.54, 1.807) is 0 Å². The van der Waals surface area contributed by atoms with E-state index in [2.05, 4.69) is 0 Å². The van der Waals surface area contributed by atoms with Crippen molar-refractivity contribution >= 4 is 0 Å². The van der Waals surface area contributed by atoms with Gasteiger partial charge in [0, 0.05) is 6.61 Å². The van der Waals surface area contributed by atoms with Crippen molar-refractivity contribution in [3.63, 3.8) is 0 Å². The Morgan fingerprint density at radius 3 is 2.54 bits per heavy atom. The number of ether oxygens (including phenoxy) is 1. The molecule has 13 heavy (non-hydrogen) atoms. The summed E-state index contributed by atoms with van der Waals surface area (Å²) in [5.74, 6) is 0.680. The number of hydrogen-bond donors (Lipinski definition) is 2. The van der Waals surface area contributed by atoms with Gasteiger partial charge in [0.2, 0.25) is 0 Å². The molecule has 1 rings (SSSR count). The average Bonchev–Trinajstić information content (AvgIpc) is 2.19. The summed E-state index contributed by atoms with van der Waals surface area (Å²) in [5, 5.41) is 17.6. The van der Waals surface area contributed by atoms with Gasteiger partial charge in [0.15, 0.2) is 0 Å². The van der Waals surface area contributed by atoms with Crippen molar-refractivity contribution in [2.24, 2.45) is 5.92 Å². The molecule has 1 saturated carbocycles. The van der Waals surface area contributed by atoms with Crippen LogP contribution < -0.4 is 0 Å². The van der Waals surface area contributed by atoms with Crippen LogP contribution in [-0.2, 0) is 4.74 Å². The average molecular weight is 188 g/mol. The summed E-state index contributed by atoms with van der Waals surface area (Å²) in [6, 6.07) is 0. The summed E-state index contributed by atoms with van der Waals surface area (Å²) in [6.07, 6.45) is 5.80. The lowest BCUT2D eigenvalue weighted by Crippen LogP contribution is -2.22. The molecule has 78 valence electrons. The number of aliphatic hydroxyl groups is 2. The standard InChI is InChI=1S/C10H20O3/c11-6-10(12)8-13-7-9-4-2-1-3-5-9/h9-12H,1-8H2/t10-/m1/s1. The molecule has 1 aliphatic carbocycles. The van der Waals surface area contributed by atoms with Gasteiger partial charge in [-0.25, -0.2) is 0 Å². The van der Waals surface area contributed by atoms with E-state index in [9.17, 15) is 0 Å². The van der Waals surface area contributed by atoms with Crippen molar-refractivity contribution < 1.29 is 14.9 Å². The van der Waals surface area contributed by atoms with Crippen LogP contribution in [0, 0.1) is 5.92 Å². The van der Waals surface area contributed by atoms with Crippen LogP contribution in [0.4, 0.5) is 0 Å². The Morgan fingerprint density at radius 2 is 1.92 bits per heavy atom. The van der Waals surface area contributed by atoms with E-state index in [4.69, 9.17) is 14.9 Å². The summed E-state index contributed by atoms with van der Waals surface area (Å²) >= 11 is 0. The van der Waals surface area contributed by atoms with Crippen LogP contribution >= 0.6 is 0 Å². The molecule has 1 atom stereocenters. The summed E-state index contributed by atoms with van der Waals surface area (Å²) < 4.78 is 5.32. The summed E-state index contributed by atoms with van der Waals surface area (Å²) in [7, 11) is 0. The molecule has 0 amide bonds. The Morgan fingerprint density at radius 1 is 1.23 bits per heavy atom. The smallest absolute Gasteiger partial charge is 0.100 e. The highest BCUT2D eigenvalue weighted by Gasteiger charge is 2.13. The molecule has 1 aliphatic rings. The van der Waals surface area contributed by atoms with Crippen molar-refractivity contribution in [1.29, 1.82) is 0 Å². The highest BCUT2D eigenvalue weighted by atomic mass is 16.5. The molecule has 0 heterocycles. The zero-order chi connectivity index (χ0) is 9.52. The van der Waals surface area contributed by atoms with E-state index >= 15 is 0 Å². The van der Waals surface area contributed by atoms with Crippen LogP contribution in [-0.4, -0.2) is 36.1 Å². The van der Waals surface area contributed by atoms with Crippen molar-refractivity contribution in [1.82, 2.24) is 0 Å². The van der Waals surface area contributed by atoms with E-state index in [-0.39, 0.29) is 13.2 Å².